The molecule has 7 heteroatoms. The number of aliphatic hydroxyl groups excluding tert-OH is 1. The van der Waals surface area contributed by atoms with E-state index in [0.717, 1.165) is 31.1 Å². The zero-order chi connectivity index (χ0) is 18.5. The smallest absolute Gasteiger partial charge is 0.146 e. The summed E-state index contributed by atoms with van der Waals surface area (Å²) in [5.74, 6) is 0.339. The fraction of sp³-hybridized carbons (Fsp3) is 0.368. The van der Waals surface area contributed by atoms with E-state index in [1.807, 2.05) is 12.1 Å². The Morgan fingerprint density at radius 2 is 1.65 bits per heavy atom. The lowest BCUT2D eigenvalue weighted by atomic mass is 10.2. The molecule has 1 aliphatic heterocycles. The van der Waals surface area contributed by atoms with Gasteiger partial charge >= 0.3 is 0 Å². The summed E-state index contributed by atoms with van der Waals surface area (Å²) < 4.78 is 13.9. The monoisotopic (exact) mass is 414 g/mol. The van der Waals surface area contributed by atoms with Gasteiger partial charge < -0.3 is 10.0 Å². The van der Waals surface area contributed by atoms with E-state index in [0.29, 0.717) is 28.0 Å². The molecule has 1 fully saturated rings. The number of thioether (sulfide) groups is 1. The molecule has 3 nitrogen and oxygen atoms in total. The Labute approximate surface area is 167 Å². The molecule has 1 heterocycles. The van der Waals surface area contributed by atoms with Crippen molar-refractivity contribution in [3.05, 3.63) is 58.3 Å². The first-order valence-corrected chi connectivity index (χ1v) is 10.3. The van der Waals surface area contributed by atoms with Gasteiger partial charge in [-0.2, -0.15) is 0 Å². The normalized spacial score (nSPS) is 16.7. The molecule has 0 aliphatic carbocycles. The van der Waals surface area contributed by atoms with Gasteiger partial charge in [0.2, 0.25) is 0 Å². The first kappa shape index (κ1) is 19.8. The first-order chi connectivity index (χ1) is 12.5. The van der Waals surface area contributed by atoms with Crippen molar-refractivity contribution >= 4 is 40.7 Å². The van der Waals surface area contributed by atoms with E-state index in [9.17, 15) is 9.50 Å². The number of hydrogen-bond acceptors (Lipinski definition) is 4. The highest BCUT2D eigenvalue weighted by atomic mass is 35.5. The molecule has 0 amide bonds. The fourth-order valence-corrected chi connectivity index (χ4v) is 4.63. The zero-order valence-corrected chi connectivity index (χ0v) is 16.6. The molecule has 26 heavy (non-hydrogen) atoms. The largest absolute Gasteiger partial charge is 0.391 e. The molecule has 1 aliphatic rings. The molecule has 0 unspecified atom stereocenters. The van der Waals surface area contributed by atoms with Gasteiger partial charge in [-0.25, -0.2) is 4.39 Å². The summed E-state index contributed by atoms with van der Waals surface area (Å²) >= 11 is 13.8. The van der Waals surface area contributed by atoms with Crippen LogP contribution in [0.3, 0.4) is 0 Å². The van der Waals surface area contributed by atoms with Gasteiger partial charge in [-0.3, -0.25) is 4.90 Å². The minimum Gasteiger partial charge on any atom is -0.391 e. The Morgan fingerprint density at radius 1 is 1.00 bits per heavy atom. The van der Waals surface area contributed by atoms with E-state index in [1.54, 1.807) is 24.3 Å². The van der Waals surface area contributed by atoms with Crippen LogP contribution in [0.15, 0.2) is 47.4 Å². The SMILES string of the molecule is O[C@@H](CSc1c(Cl)cccc1Cl)CN1CCN(c2ccccc2F)CC1. The Bertz CT molecular complexity index is 721. The molecule has 3 rings (SSSR count). The van der Waals surface area contributed by atoms with E-state index in [1.165, 1.54) is 17.8 Å². The lowest BCUT2D eigenvalue weighted by molar-refractivity contribution is 0.126. The van der Waals surface area contributed by atoms with E-state index in [-0.39, 0.29) is 5.82 Å². The first-order valence-electron chi connectivity index (χ1n) is 8.51. The maximum atomic E-state index is 13.9. The van der Waals surface area contributed by atoms with Crippen LogP contribution in [-0.2, 0) is 0 Å². The molecule has 1 saturated heterocycles. The van der Waals surface area contributed by atoms with E-state index < -0.39 is 6.10 Å². The molecule has 0 spiro atoms. The molecular formula is C19H21Cl2FN2OS. The van der Waals surface area contributed by atoms with Crippen LogP contribution in [0.25, 0.3) is 0 Å². The number of para-hydroxylation sites is 1. The van der Waals surface area contributed by atoms with E-state index >= 15 is 0 Å². The van der Waals surface area contributed by atoms with Crippen molar-refractivity contribution in [3.8, 4) is 0 Å². The van der Waals surface area contributed by atoms with Crippen molar-refractivity contribution in [1.29, 1.82) is 0 Å². The predicted octanol–water partition coefficient (Wildman–Crippen LogP) is 4.41. The summed E-state index contributed by atoms with van der Waals surface area (Å²) in [6.45, 7) is 3.67. The van der Waals surface area contributed by atoms with Crippen molar-refractivity contribution in [2.75, 3.05) is 43.4 Å². The van der Waals surface area contributed by atoms with Gasteiger partial charge in [0.1, 0.15) is 5.82 Å². The average Bonchev–Trinajstić information content (AvgIpc) is 2.62. The number of hydrogen-bond donors (Lipinski definition) is 1. The van der Waals surface area contributed by atoms with Crippen LogP contribution in [0.4, 0.5) is 10.1 Å². The second-order valence-corrected chi connectivity index (χ2v) is 8.10. The summed E-state index contributed by atoms with van der Waals surface area (Å²) in [7, 11) is 0. The van der Waals surface area contributed by atoms with Crippen LogP contribution in [0.1, 0.15) is 0 Å². The van der Waals surface area contributed by atoms with E-state index in [4.69, 9.17) is 23.2 Å². The third-order valence-electron chi connectivity index (χ3n) is 4.37. The molecular weight excluding hydrogens is 394 g/mol. The third kappa shape index (κ3) is 5.05. The number of β-amino-alcohol motifs (C(OH)–C–C–N with tert-alkyl or cyclic N) is 1. The summed E-state index contributed by atoms with van der Waals surface area (Å²) in [5, 5.41) is 11.6. The Hall–Kier alpha value is -0.980. The number of rotatable bonds is 6. The fourth-order valence-electron chi connectivity index (χ4n) is 3.03. The Morgan fingerprint density at radius 3 is 2.31 bits per heavy atom. The van der Waals surface area contributed by atoms with Crippen LogP contribution in [0, 0.1) is 5.82 Å². The lowest BCUT2D eigenvalue weighted by Gasteiger charge is -2.37. The molecule has 1 atom stereocenters. The molecule has 2 aromatic rings. The third-order valence-corrected chi connectivity index (χ3v) is 6.51. The quantitative estimate of drug-likeness (QED) is 0.708. The summed E-state index contributed by atoms with van der Waals surface area (Å²) in [5.41, 5.74) is 0.650. The maximum absolute atomic E-state index is 13.9. The number of anilines is 1. The van der Waals surface area contributed by atoms with Gasteiger partial charge in [0.15, 0.2) is 0 Å². The summed E-state index contributed by atoms with van der Waals surface area (Å²) in [6, 6.07) is 12.3. The number of aliphatic hydroxyl groups is 1. The molecule has 1 N–H and O–H groups in total. The van der Waals surface area contributed by atoms with Gasteiger partial charge in [-0.15, -0.1) is 11.8 Å². The summed E-state index contributed by atoms with van der Waals surface area (Å²) in [4.78, 5) is 5.06. The van der Waals surface area contributed by atoms with Gasteiger partial charge in [0.25, 0.3) is 0 Å². The number of piperazine rings is 1. The zero-order valence-electron chi connectivity index (χ0n) is 14.2. The highest BCUT2D eigenvalue weighted by Crippen LogP contribution is 2.34. The van der Waals surface area contributed by atoms with Crippen LogP contribution in [-0.4, -0.2) is 54.6 Å². The standard InChI is InChI=1S/C19H21Cl2FN2OS/c20-15-4-3-5-16(21)19(15)26-13-14(25)12-23-8-10-24(11-9-23)18-7-2-1-6-17(18)22/h1-7,14,25H,8-13H2/t14-/m1/s1. The van der Waals surface area contributed by atoms with Gasteiger partial charge in [-0.1, -0.05) is 41.4 Å². The van der Waals surface area contributed by atoms with Gasteiger partial charge in [0, 0.05) is 43.4 Å². The topological polar surface area (TPSA) is 26.7 Å². The van der Waals surface area contributed by atoms with Crippen molar-refractivity contribution in [2.45, 2.75) is 11.0 Å². The van der Waals surface area contributed by atoms with Gasteiger partial charge in [0.05, 0.1) is 21.8 Å². The molecule has 140 valence electrons. The number of halogens is 3. The van der Waals surface area contributed by atoms with Crippen LogP contribution in [0.5, 0.6) is 0 Å². The molecule has 0 bridgehead atoms. The van der Waals surface area contributed by atoms with Crippen molar-refractivity contribution in [3.63, 3.8) is 0 Å². The maximum Gasteiger partial charge on any atom is 0.146 e. The summed E-state index contributed by atoms with van der Waals surface area (Å²) in [6.07, 6.45) is -0.479. The minimum absolute atomic E-state index is 0.186. The second-order valence-electron chi connectivity index (χ2n) is 6.25. The van der Waals surface area contributed by atoms with Crippen molar-refractivity contribution in [2.24, 2.45) is 0 Å². The molecule has 0 radical (unpaired) electrons. The van der Waals surface area contributed by atoms with Crippen LogP contribution >= 0.6 is 35.0 Å². The second kappa shape index (κ2) is 9.29. The average molecular weight is 415 g/mol. The number of nitrogens with zero attached hydrogens (tertiary/aromatic N) is 2. The van der Waals surface area contributed by atoms with Crippen molar-refractivity contribution in [1.82, 2.24) is 4.90 Å². The highest BCUT2D eigenvalue weighted by molar-refractivity contribution is 7.99. The molecule has 2 aromatic carbocycles. The van der Waals surface area contributed by atoms with Crippen LogP contribution < -0.4 is 4.90 Å². The lowest BCUT2D eigenvalue weighted by Crippen LogP contribution is -2.49. The van der Waals surface area contributed by atoms with Gasteiger partial charge in [-0.05, 0) is 24.3 Å². The Kier molecular flexibility index (Phi) is 7.06. The minimum atomic E-state index is -0.479. The Balaban J connectivity index is 1.46. The number of benzene rings is 2. The highest BCUT2D eigenvalue weighted by Gasteiger charge is 2.21. The van der Waals surface area contributed by atoms with E-state index in [2.05, 4.69) is 9.80 Å². The predicted molar refractivity (Wildman–Crippen MR) is 108 cm³/mol. The molecule has 0 saturated carbocycles. The van der Waals surface area contributed by atoms with Crippen LogP contribution in [0.2, 0.25) is 10.0 Å². The molecule has 0 aromatic heterocycles. The van der Waals surface area contributed by atoms with Crippen molar-refractivity contribution < 1.29 is 9.50 Å².